The van der Waals surface area contributed by atoms with E-state index in [4.69, 9.17) is 20.5 Å². The van der Waals surface area contributed by atoms with Crippen LogP contribution in [0.4, 0.5) is 0 Å². The SMILES string of the molecule is O=C(c1cc(-c2ccco2)on1)N1CCCC1c1ccc(Cl)cc1. The molecular formula is C18H15ClN2O3. The first-order valence-corrected chi connectivity index (χ1v) is 8.17. The van der Waals surface area contributed by atoms with Crippen LogP contribution in [0.5, 0.6) is 0 Å². The first-order chi connectivity index (χ1) is 11.7. The Morgan fingerprint density at radius 3 is 2.79 bits per heavy atom. The number of furan rings is 1. The minimum Gasteiger partial charge on any atom is -0.461 e. The molecule has 1 fully saturated rings. The minimum absolute atomic E-state index is 0.0403. The van der Waals surface area contributed by atoms with Crippen molar-refractivity contribution in [3.63, 3.8) is 0 Å². The summed E-state index contributed by atoms with van der Waals surface area (Å²) in [7, 11) is 0. The lowest BCUT2D eigenvalue weighted by molar-refractivity contribution is 0.0725. The average molecular weight is 343 g/mol. The van der Waals surface area contributed by atoms with E-state index in [9.17, 15) is 4.79 Å². The van der Waals surface area contributed by atoms with E-state index < -0.39 is 0 Å². The summed E-state index contributed by atoms with van der Waals surface area (Å²) >= 11 is 5.95. The fourth-order valence-corrected chi connectivity index (χ4v) is 3.23. The van der Waals surface area contributed by atoms with Crippen molar-refractivity contribution in [1.29, 1.82) is 0 Å². The molecule has 1 amide bonds. The highest BCUT2D eigenvalue weighted by Gasteiger charge is 2.32. The molecule has 2 aromatic heterocycles. The molecule has 1 aromatic carbocycles. The van der Waals surface area contributed by atoms with Gasteiger partial charge in [-0.3, -0.25) is 4.79 Å². The van der Waals surface area contributed by atoms with E-state index >= 15 is 0 Å². The first-order valence-electron chi connectivity index (χ1n) is 7.79. The van der Waals surface area contributed by atoms with E-state index in [1.807, 2.05) is 29.2 Å². The van der Waals surface area contributed by atoms with E-state index in [2.05, 4.69) is 5.16 Å². The number of rotatable bonds is 3. The number of benzene rings is 1. The molecule has 3 aromatic rings. The molecule has 0 aliphatic carbocycles. The van der Waals surface area contributed by atoms with Crippen LogP contribution in [0, 0.1) is 0 Å². The second-order valence-electron chi connectivity index (χ2n) is 5.76. The van der Waals surface area contributed by atoms with Crippen LogP contribution in [-0.4, -0.2) is 22.5 Å². The van der Waals surface area contributed by atoms with Gasteiger partial charge in [0.2, 0.25) is 5.76 Å². The summed E-state index contributed by atoms with van der Waals surface area (Å²) in [5, 5.41) is 4.60. The Morgan fingerprint density at radius 1 is 1.21 bits per heavy atom. The summed E-state index contributed by atoms with van der Waals surface area (Å²) in [4.78, 5) is 14.7. The molecule has 24 heavy (non-hydrogen) atoms. The number of hydrogen-bond donors (Lipinski definition) is 0. The van der Waals surface area contributed by atoms with Gasteiger partial charge in [-0.15, -0.1) is 0 Å². The van der Waals surface area contributed by atoms with Crippen molar-refractivity contribution in [2.75, 3.05) is 6.54 Å². The van der Waals surface area contributed by atoms with Gasteiger partial charge in [0.15, 0.2) is 11.5 Å². The maximum Gasteiger partial charge on any atom is 0.276 e. The van der Waals surface area contributed by atoms with Gasteiger partial charge in [0.05, 0.1) is 12.3 Å². The summed E-state index contributed by atoms with van der Waals surface area (Å²) in [5.74, 6) is 0.872. The molecule has 1 unspecified atom stereocenters. The van der Waals surface area contributed by atoms with Crippen molar-refractivity contribution in [1.82, 2.24) is 10.1 Å². The Balaban J connectivity index is 1.58. The molecule has 1 aliphatic heterocycles. The topological polar surface area (TPSA) is 59.5 Å². The monoisotopic (exact) mass is 342 g/mol. The van der Waals surface area contributed by atoms with Gasteiger partial charge in [0.25, 0.3) is 5.91 Å². The Bertz CT molecular complexity index is 840. The lowest BCUT2D eigenvalue weighted by Crippen LogP contribution is -2.30. The van der Waals surface area contributed by atoms with Crippen LogP contribution in [0.25, 0.3) is 11.5 Å². The van der Waals surface area contributed by atoms with Gasteiger partial charge >= 0.3 is 0 Å². The van der Waals surface area contributed by atoms with Gasteiger partial charge in [-0.25, -0.2) is 0 Å². The molecule has 3 heterocycles. The number of hydrogen-bond acceptors (Lipinski definition) is 4. The molecule has 0 N–H and O–H groups in total. The van der Waals surface area contributed by atoms with Crippen LogP contribution in [0.15, 0.2) is 57.7 Å². The largest absolute Gasteiger partial charge is 0.461 e. The van der Waals surface area contributed by atoms with Crippen molar-refractivity contribution in [3.05, 3.63) is 65.0 Å². The standard InChI is InChI=1S/C18H15ClN2O3/c19-13-7-5-12(6-8-13)15-3-1-9-21(15)18(22)14-11-17(24-20-14)16-4-2-10-23-16/h2,4-8,10-11,15H,1,3,9H2. The van der Waals surface area contributed by atoms with Crippen molar-refractivity contribution < 1.29 is 13.7 Å². The van der Waals surface area contributed by atoms with Crippen LogP contribution >= 0.6 is 11.6 Å². The minimum atomic E-state index is -0.131. The second-order valence-corrected chi connectivity index (χ2v) is 6.20. The predicted octanol–water partition coefficient (Wildman–Crippen LogP) is 4.57. The zero-order valence-corrected chi connectivity index (χ0v) is 13.6. The maximum atomic E-state index is 12.8. The number of carbonyl (C=O) groups is 1. The third kappa shape index (κ3) is 2.71. The van der Waals surface area contributed by atoms with E-state index in [0.717, 1.165) is 18.4 Å². The zero-order valence-electron chi connectivity index (χ0n) is 12.8. The number of likely N-dealkylation sites (tertiary alicyclic amines) is 1. The van der Waals surface area contributed by atoms with Crippen LogP contribution in [0.3, 0.4) is 0 Å². The third-order valence-electron chi connectivity index (χ3n) is 4.26. The zero-order chi connectivity index (χ0) is 16.5. The van der Waals surface area contributed by atoms with Gasteiger partial charge in [0.1, 0.15) is 0 Å². The van der Waals surface area contributed by atoms with Gasteiger partial charge in [0, 0.05) is 17.6 Å². The third-order valence-corrected chi connectivity index (χ3v) is 4.51. The predicted molar refractivity (Wildman–Crippen MR) is 88.7 cm³/mol. The Hall–Kier alpha value is -2.53. The van der Waals surface area contributed by atoms with Crippen molar-refractivity contribution in [2.24, 2.45) is 0 Å². The van der Waals surface area contributed by atoms with E-state index in [-0.39, 0.29) is 11.9 Å². The molecule has 0 bridgehead atoms. The molecule has 6 heteroatoms. The summed E-state index contributed by atoms with van der Waals surface area (Å²) in [6.45, 7) is 0.703. The van der Waals surface area contributed by atoms with Crippen molar-refractivity contribution in [3.8, 4) is 11.5 Å². The Labute approximate surface area is 143 Å². The van der Waals surface area contributed by atoms with Gasteiger partial charge in [-0.2, -0.15) is 0 Å². The van der Waals surface area contributed by atoms with E-state index in [1.54, 1.807) is 24.5 Å². The molecule has 0 radical (unpaired) electrons. The van der Waals surface area contributed by atoms with Crippen LogP contribution in [0.2, 0.25) is 5.02 Å². The Kier molecular flexibility index (Phi) is 3.86. The van der Waals surface area contributed by atoms with Crippen LogP contribution < -0.4 is 0 Å². The number of halogens is 1. The van der Waals surface area contributed by atoms with Crippen molar-refractivity contribution >= 4 is 17.5 Å². The van der Waals surface area contributed by atoms with E-state index in [0.29, 0.717) is 28.8 Å². The first kappa shape index (κ1) is 15.0. The lowest BCUT2D eigenvalue weighted by atomic mass is 10.0. The highest BCUT2D eigenvalue weighted by molar-refractivity contribution is 6.30. The molecule has 122 valence electrons. The summed E-state index contributed by atoms with van der Waals surface area (Å²) in [6, 6.07) is 12.8. The van der Waals surface area contributed by atoms with Crippen LogP contribution in [-0.2, 0) is 0 Å². The second kappa shape index (κ2) is 6.17. The molecule has 5 nitrogen and oxygen atoms in total. The summed E-state index contributed by atoms with van der Waals surface area (Å²) in [6.07, 6.45) is 3.44. The number of aromatic nitrogens is 1. The highest BCUT2D eigenvalue weighted by atomic mass is 35.5. The highest BCUT2D eigenvalue weighted by Crippen LogP contribution is 2.34. The van der Waals surface area contributed by atoms with Crippen LogP contribution in [0.1, 0.15) is 34.9 Å². The molecule has 1 saturated heterocycles. The quantitative estimate of drug-likeness (QED) is 0.699. The van der Waals surface area contributed by atoms with Gasteiger partial charge in [-0.1, -0.05) is 28.9 Å². The lowest BCUT2D eigenvalue weighted by Gasteiger charge is -2.24. The number of nitrogens with zero attached hydrogens (tertiary/aromatic N) is 2. The fourth-order valence-electron chi connectivity index (χ4n) is 3.10. The molecular weight excluding hydrogens is 328 g/mol. The summed E-state index contributed by atoms with van der Waals surface area (Å²) < 4.78 is 10.5. The van der Waals surface area contributed by atoms with Crippen molar-refractivity contribution in [2.45, 2.75) is 18.9 Å². The van der Waals surface area contributed by atoms with Gasteiger partial charge in [-0.05, 0) is 42.7 Å². The summed E-state index contributed by atoms with van der Waals surface area (Å²) in [5.41, 5.74) is 1.38. The normalized spacial score (nSPS) is 17.4. The number of carbonyl (C=O) groups excluding carboxylic acids is 1. The smallest absolute Gasteiger partial charge is 0.276 e. The number of amides is 1. The molecule has 1 aliphatic rings. The van der Waals surface area contributed by atoms with Gasteiger partial charge < -0.3 is 13.8 Å². The molecule has 0 saturated carbocycles. The van der Waals surface area contributed by atoms with E-state index in [1.165, 1.54) is 0 Å². The fraction of sp³-hybridized carbons (Fsp3) is 0.222. The average Bonchev–Trinajstić information content (AvgIpc) is 3.34. The molecule has 1 atom stereocenters. The molecule has 0 spiro atoms. The molecule has 4 rings (SSSR count). The maximum absolute atomic E-state index is 12.8. The Morgan fingerprint density at radius 2 is 2.04 bits per heavy atom.